The average molecular weight is 539 g/mol. The second kappa shape index (κ2) is 10.00. The Balaban J connectivity index is 2.06. The summed E-state index contributed by atoms with van der Waals surface area (Å²) in [6.45, 7) is 3.35. The molecule has 3 aromatic rings. The number of benzene rings is 2. The van der Waals surface area contributed by atoms with Gasteiger partial charge in [-0.1, -0.05) is 17.7 Å². The largest absolute Gasteiger partial charge is 0.462 e. The lowest BCUT2D eigenvalue weighted by molar-refractivity contribution is -0.156. The molecule has 5 nitrogen and oxygen atoms in total. The molecule has 1 amide bonds. The highest BCUT2D eigenvalue weighted by atomic mass is 35.5. The van der Waals surface area contributed by atoms with E-state index in [1.165, 1.54) is 22.8 Å². The van der Waals surface area contributed by atoms with Crippen LogP contribution in [0.25, 0.3) is 10.9 Å². The molecule has 1 heterocycles. The number of hydrogen-bond donors (Lipinski definition) is 1. The number of halogens is 8. The van der Waals surface area contributed by atoms with Gasteiger partial charge in [0.1, 0.15) is 11.5 Å². The van der Waals surface area contributed by atoms with E-state index in [2.05, 4.69) is 0 Å². The summed E-state index contributed by atoms with van der Waals surface area (Å²) >= 11 is 6.15. The minimum Gasteiger partial charge on any atom is -0.462 e. The number of aryl methyl sites for hydroxylation is 1. The zero-order valence-electron chi connectivity index (χ0n) is 18.7. The minimum absolute atomic E-state index is 0.00846. The second-order valence-corrected chi connectivity index (χ2v) is 7.98. The number of amides is 1. The summed E-state index contributed by atoms with van der Waals surface area (Å²) in [5.74, 6) is -3.76. The Morgan fingerprint density at radius 3 is 2.28 bits per heavy atom. The van der Waals surface area contributed by atoms with Crippen molar-refractivity contribution in [2.24, 2.45) is 0 Å². The third-order valence-electron chi connectivity index (χ3n) is 5.27. The van der Waals surface area contributed by atoms with Crippen molar-refractivity contribution in [1.82, 2.24) is 9.88 Å². The Kier molecular flexibility index (Phi) is 7.58. The first kappa shape index (κ1) is 27.3. The molecule has 1 atom stereocenters. The number of aromatic nitrogens is 1. The Morgan fingerprint density at radius 1 is 1.06 bits per heavy atom. The predicted molar refractivity (Wildman–Crippen MR) is 116 cm³/mol. The quantitative estimate of drug-likeness (QED) is 0.281. The molecule has 0 radical (unpaired) electrons. The van der Waals surface area contributed by atoms with Crippen molar-refractivity contribution in [1.29, 1.82) is 0 Å². The highest BCUT2D eigenvalue weighted by Crippen LogP contribution is 2.38. The van der Waals surface area contributed by atoms with E-state index in [9.17, 15) is 40.3 Å². The number of ether oxygens (including phenoxy) is 1. The van der Waals surface area contributed by atoms with Crippen molar-refractivity contribution in [3.63, 3.8) is 0 Å². The molecule has 1 N–H and O–H groups in total. The van der Waals surface area contributed by atoms with Crippen LogP contribution in [-0.4, -0.2) is 29.2 Å². The van der Waals surface area contributed by atoms with Gasteiger partial charge in [-0.2, -0.15) is 26.3 Å². The monoisotopic (exact) mass is 538 g/mol. The van der Waals surface area contributed by atoms with Gasteiger partial charge in [0.15, 0.2) is 6.04 Å². The van der Waals surface area contributed by atoms with Crippen molar-refractivity contribution in [2.45, 2.75) is 38.8 Å². The molecular weight excluding hydrogens is 521 g/mol. The summed E-state index contributed by atoms with van der Waals surface area (Å²) < 4.78 is 100. The average Bonchev–Trinajstić information content (AvgIpc) is 3.13. The molecule has 0 saturated heterocycles. The van der Waals surface area contributed by atoms with Gasteiger partial charge in [-0.05, 0) is 49.7 Å². The first-order valence-electron chi connectivity index (χ1n) is 10.4. The summed E-state index contributed by atoms with van der Waals surface area (Å²) in [5, 5.41) is 1.97. The number of nitrogens with zero attached hydrogens (tertiary/aromatic N) is 1. The summed E-state index contributed by atoms with van der Waals surface area (Å²) in [4.78, 5) is 25.0. The first-order chi connectivity index (χ1) is 16.7. The maximum Gasteiger partial charge on any atom is 0.419 e. The molecule has 194 valence electrons. The summed E-state index contributed by atoms with van der Waals surface area (Å²) in [6, 6.07) is 1.79. The van der Waals surface area contributed by atoms with Gasteiger partial charge in [-0.15, -0.1) is 0 Å². The second-order valence-electron chi connectivity index (χ2n) is 7.57. The molecule has 0 bridgehead atoms. The molecule has 0 aliphatic rings. The zero-order valence-corrected chi connectivity index (χ0v) is 19.4. The van der Waals surface area contributed by atoms with E-state index < -0.39 is 47.2 Å². The van der Waals surface area contributed by atoms with Crippen LogP contribution in [0.15, 0.2) is 36.4 Å². The van der Waals surface area contributed by atoms with Crippen LogP contribution in [0, 0.1) is 5.82 Å². The SMILES string of the molecule is CCOC(=O)c1cc2cc(C(=O)NC(c3ccc(F)c(C(F)(F)F)c3)C(F)(F)F)n(CC)c2cc1Cl. The van der Waals surface area contributed by atoms with Gasteiger partial charge in [0.05, 0.1) is 28.3 Å². The van der Waals surface area contributed by atoms with Crippen molar-refractivity contribution in [3.05, 3.63) is 69.6 Å². The normalized spacial score (nSPS) is 13.1. The van der Waals surface area contributed by atoms with Crippen molar-refractivity contribution >= 4 is 34.4 Å². The Bertz CT molecular complexity index is 1320. The molecule has 2 aromatic carbocycles. The van der Waals surface area contributed by atoms with Gasteiger partial charge in [-0.3, -0.25) is 4.79 Å². The molecule has 0 aliphatic carbocycles. The van der Waals surface area contributed by atoms with Crippen LogP contribution in [0.2, 0.25) is 5.02 Å². The third-order valence-corrected chi connectivity index (χ3v) is 5.58. The Labute approximate surface area is 204 Å². The maximum absolute atomic E-state index is 13.8. The van der Waals surface area contributed by atoms with Crippen LogP contribution in [0.1, 0.15) is 51.9 Å². The fraction of sp³-hybridized carbons (Fsp3) is 0.304. The van der Waals surface area contributed by atoms with E-state index in [4.69, 9.17) is 16.3 Å². The first-order valence-corrected chi connectivity index (χ1v) is 10.8. The number of nitrogens with one attached hydrogen (secondary N) is 1. The highest BCUT2D eigenvalue weighted by molar-refractivity contribution is 6.34. The highest BCUT2D eigenvalue weighted by Gasteiger charge is 2.44. The molecule has 0 fully saturated rings. The van der Waals surface area contributed by atoms with E-state index in [-0.39, 0.29) is 41.6 Å². The topological polar surface area (TPSA) is 60.3 Å². The number of carbonyl (C=O) groups is 2. The van der Waals surface area contributed by atoms with Gasteiger partial charge in [0, 0.05) is 11.9 Å². The number of esters is 1. The van der Waals surface area contributed by atoms with Gasteiger partial charge in [0.25, 0.3) is 5.91 Å². The number of alkyl halides is 6. The van der Waals surface area contributed by atoms with Crippen LogP contribution < -0.4 is 5.32 Å². The van der Waals surface area contributed by atoms with Crippen LogP contribution in [-0.2, 0) is 17.5 Å². The van der Waals surface area contributed by atoms with Crippen molar-refractivity contribution in [3.8, 4) is 0 Å². The molecule has 1 unspecified atom stereocenters. The number of rotatable bonds is 6. The lowest BCUT2D eigenvalue weighted by atomic mass is 10.0. The van der Waals surface area contributed by atoms with E-state index >= 15 is 0 Å². The van der Waals surface area contributed by atoms with Gasteiger partial charge < -0.3 is 14.6 Å². The lowest BCUT2D eigenvalue weighted by Crippen LogP contribution is -2.39. The lowest BCUT2D eigenvalue weighted by Gasteiger charge is -2.23. The van der Waals surface area contributed by atoms with Crippen LogP contribution >= 0.6 is 11.6 Å². The predicted octanol–water partition coefficient (Wildman–Crippen LogP) is 6.68. The molecule has 1 aromatic heterocycles. The summed E-state index contributed by atoms with van der Waals surface area (Å²) in [7, 11) is 0. The fourth-order valence-electron chi connectivity index (χ4n) is 3.68. The molecule has 0 spiro atoms. The van der Waals surface area contributed by atoms with Crippen LogP contribution in [0.4, 0.5) is 30.7 Å². The standard InChI is InChI=1S/C23H18ClF7N2O3/c1-3-33-17-10-15(24)13(21(35)36-4-2)7-12(17)9-18(33)20(34)32-19(23(29,30)31)11-5-6-16(25)14(8-11)22(26,27)28/h5-10,19H,3-4H2,1-2H3,(H,32,34). The Morgan fingerprint density at radius 2 is 1.72 bits per heavy atom. The van der Waals surface area contributed by atoms with E-state index in [1.807, 2.05) is 0 Å². The molecule has 0 aliphatic heterocycles. The molecule has 3 rings (SSSR count). The molecule has 13 heteroatoms. The van der Waals surface area contributed by atoms with E-state index in [0.717, 1.165) is 0 Å². The Hall–Kier alpha value is -3.28. The molecular formula is C23H18ClF7N2O3. The number of hydrogen-bond acceptors (Lipinski definition) is 3. The summed E-state index contributed by atoms with van der Waals surface area (Å²) in [6.07, 6.45) is -10.5. The summed E-state index contributed by atoms with van der Waals surface area (Å²) in [5.41, 5.74) is -2.86. The fourth-order valence-corrected chi connectivity index (χ4v) is 3.91. The third kappa shape index (κ3) is 5.43. The number of carbonyl (C=O) groups excluding carboxylic acids is 2. The smallest absolute Gasteiger partial charge is 0.419 e. The van der Waals surface area contributed by atoms with Gasteiger partial charge in [-0.25, -0.2) is 9.18 Å². The maximum atomic E-state index is 13.8. The number of fused-ring (bicyclic) bond motifs is 1. The molecule has 36 heavy (non-hydrogen) atoms. The van der Waals surface area contributed by atoms with Gasteiger partial charge in [0.2, 0.25) is 0 Å². The van der Waals surface area contributed by atoms with Crippen LogP contribution in [0.5, 0.6) is 0 Å². The molecule has 0 saturated carbocycles. The van der Waals surface area contributed by atoms with Crippen molar-refractivity contribution < 1.29 is 45.1 Å². The van der Waals surface area contributed by atoms with Crippen molar-refractivity contribution in [2.75, 3.05) is 6.61 Å². The van der Waals surface area contributed by atoms with E-state index in [0.29, 0.717) is 17.0 Å². The zero-order chi connectivity index (χ0) is 27.0. The van der Waals surface area contributed by atoms with E-state index in [1.54, 1.807) is 19.2 Å². The van der Waals surface area contributed by atoms with Gasteiger partial charge >= 0.3 is 18.3 Å². The minimum atomic E-state index is -5.25. The van der Waals surface area contributed by atoms with Crippen LogP contribution in [0.3, 0.4) is 0 Å².